The predicted molar refractivity (Wildman–Crippen MR) is 117 cm³/mol. The maximum Gasteiger partial charge on any atom is 1.00 e. The van der Waals surface area contributed by atoms with Crippen LogP contribution in [0.3, 0.4) is 0 Å². The largest absolute Gasteiger partial charge is 1.00 e. The van der Waals surface area contributed by atoms with Gasteiger partial charge >= 0.3 is 51.4 Å². The molecule has 166 valence electrons. The van der Waals surface area contributed by atoms with E-state index in [1.165, 1.54) is 77.0 Å². The molecule has 3 atom stereocenters. The van der Waals surface area contributed by atoms with Crippen LogP contribution in [-0.2, 0) is 25.8 Å². The van der Waals surface area contributed by atoms with E-state index in [4.69, 9.17) is 18.9 Å². The summed E-state index contributed by atoms with van der Waals surface area (Å²) < 4.78 is 15.9. The van der Waals surface area contributed by atoms with Gasteiger partial charge in [0.15, 0.2) is 6.29 Å². The third-order valence-electron chi connectivity index (χ3n) is 4.94. The summed E-state index contributed by atoms with van der Waals surface area (Å²) in [4.78, 5) is 19.9. The molecule has 3 unspecified atom stereocenters. The molecule has 1 aliphatic heterocycles. The Hall–Kier alpha value is 1.83. The van der Waals surface area contributed by atoms with Gasteiger partial charge in [0, 0.05) is 0 Å². The van der Waals surface area contributed by atoms with Crippen LogP contribution in [0.1, 0.15) is 96.8 Å². The zero-order chi connectivity index (χ0) is 20.5. The Balaban J connectivity index is 0.00000784. The molecule has 0 spiro atoms. The molecule has 0 saturated carbocycles. The first kappa shape index (κ1) is 30.8. The fourth-order valence-corrected chi connectivity index (χ4v) is 3.84. The van der Waals surface area contributed by atoms with Gasteiger partial charge in [0.2, 0.25) is 0 Å². The van der Waals surface area contributed by atoms with E-state index in [-0.39, 0.29) is 70.4 Å². The maximum atomic E-state index is 10.9. The van der Waals surface area contributed by atoms with E-state index >= 15 is 0 Å². The number of allylic oxidation sites excluding steroid dienone is 2. The summed E-state index contributed by atoms with van der Waals surface area (Å²) in [6, 6.07) is 0. The van der Waals surface area contributed by atoms with Gasteiger partial charge < -0.3 is 23.8 Å². The summed E-state index contributed by atoms with van der Waals surface area (Å²) in [5.74, 6) is 0. The Kier molecular flexibility index (Phi) is 21.7. The Morgan fingerprint density at radius 2 is 1.55 bits per heavy atom. The Labute approximate surface area is 226 Å². The van der Waals surface area contributed by atoms with E-state index in [1.807, 2.05) is 0 Å². The molecule has 0 amide bonds. The second-order valence-corrected chi connectivity index (χ2v) is 10.2. The minimum Gasteiger partial charge on any atom is -0.780 e. The van der Waals surface area contributed by atoms with Crippen molar-refractivity contribution in [1.29, 1.82) is 0 Å². The van der Waals surface area contributed by atoms with Gasteiger partial charge in [-0.3, -0.25) is 0 Å². The van der Waals surface area contributed by atoms with E-state index in [2.05, 4.69) is 30.9 Å². The minimum atomic E-state index is -3.85. The van der Waals surface area contributed by atoms with Gasteiger partial charge in [0.25, 0.3) is 0 Å². The molecular weight excluding hydrogens is 434 g/mol. The first-order chi connectivity index (χ1) is 13.5. The SMILES string of the molecule is CCCCCCC/C=C/CCCCCCCCC1OCC(COP([O-])(O)=S)O1.[K+]. The van der Waals surface area contributed by atoms with Crippen LogP contribution in [0.4, 0.5) is 0 Å². The average molecular weight is 475 g/mol. The molecule has 8 heteroatoms. The van der Waals surface area contributed by atoms with Crippen molar-refractivity contribution in [2.45, 2.75) is 109 Å². The van der Waals surface area contributed by atoms with Crippen LogP contribution in [0.2, 0.25) is 0 Å². The van der Waals surface area contributed by atoms with Crippen molar-refractivity contribution in [2.75, 3.05) is 13.2 Å². The Morgan fingerprint density at radius 1 is 1.00 bits per heavy atom. The van der Waals surface area contributed by atoms with Gasteiger partial charge in [-0.25, -0.2) is 0 Å². The maximum absolute atomic E-state index is 10.9. The summed E-state index contributed by atoms with van der Waals surface area (Å²) in [7, 11) is 0. The molecule has 1 aliphatic rings. The van der Waals surface area contributed by atoms with Crippen LogP contribution < -0.4 is 56.3 Å². The normalized spacial score (nSPS) is 21.3. The quantitative estimate of drug-likeness (QED) is 0.142. The molecule has 29 heavy (non-hydrogen) atoms. The molecule has 1 saturated heterocycles. The van der Waals surface area contributed by atoms with E-state index in [0.717, 1.165) is 12.8 Å². The zero-order valence-corrected chi connectivity index (χ0v) is 23.4. The van der Waals surface area contributed by atoms with Crippen LogP contribution >= 0.6 is 6.72 Å². The number of hydrogen-bond acceptors (Lipinski definition) is 5. The summed E-state index contributed by atoms with van der Waals surface area (Å²) in [6.07, 6.45) is 21.7. The minimum absolute atomic E-state index is 0. The van der Waals surface area contributed by atoms with Gasteiger partial charge in [0.1, 0.15) is 12.8 Å². The molecule has 1 heterocycles. The van der Waals surface area contributed by atoms with Gasteiger partial charge in [-0.05, 0) is 38.5 Å². The standard InChI is InChI=1S/C21H41O5PS.K/c1-2-3-4-5-6-7-8-9-10-11-12-13-14-15-16-17-21-24-18-20(26-21)19-25-27(22,23)28;/h8-9,20-21H,2-7,10-19H2,1H3,(H2,22,23,28);/q;+1/p-1/b9-8+;. The molecule has 1 fully saturated rings. The molecule has 0 aromatic heterocycles. The molecule has 5 nitrogen and oxygen atoms in total. The molecule has 0 aromatic rings. The summed E-state index contributed by atoms with van der Waals surface area (Å²) in [6.45, 7) is -1.18. The van der Waals surface area contributed by atoms with Crippen molar-refractivity contribution >= 4 is 18.5 Å². The van der Waals surface area contributed by atoms with Crippen molar-refractivity contribution in [3.8, 4) is 0 Å². The van der Waals surface area contributed by atoms with Crippen molar-refractivity contribution < 1.29 is 75.2 Å². The zero-order valence-electron chi connectivity index (χ0n) is 18.6. The number of unbranched alkanes of at least 4 members (excludes halogenated alkanes) is 11. The topological polar surface area (TPSA) is 71.0 Å². The fraction of sp³-hybridized carbons (Fsp3) is 0.905. The summed E-state index contributed by atoms with van der Waals surface area (Å²) in [5.41, 5.74) is 0. The van der Waals surface area contributed by atoms with E-state index in [0.29, 0.717) is 6.61 Å². The third kappa shape index (κ3) is 20.2. The first-order valence-electron chi connectivity index (χ1n) is 11.1. The summed E-state index contributed by atoms with van der Waals surface area (Å²) >= 11 is 4.31. The van der Waals surface area contributed by atoms with Crippen molar-refractivity contribution in [1.82, 2.24) is 0 Å². The average Bonchev–Trinajstić information content (AvgIpc) is 3.10. The molecule has 0 aliphatic carbocycles. The molecule has 1 N–H and O–H groups in total. The molecule has 1 rings (SSSR count). The second kappa shape index (κ2) is 20.4. The van der Waals surface area contributed by atoms with Gasteiger partial charge in [-0.1, -0.05) is 82.2 Å². The van der Waals surface area contributed by atoms with E-state index in [1.54, 1.807) is 0 Å². The van der Waals surface area contributed by atoms with E-state index < -0.39 is 6.72 Å². The van der Waals surface area contributed by atoms with E-state index in [9.17, 15) is 4.89 Å². The smallest absolute Gasteiger partial charge is 0.780 e. The number of hydrogen-bond donors (Lipinski definition) is 1. The van der Waals surface area contributed by atoms with Crippen molar-refractivity contribution in [3.05, 3.63) is 12.2 Å². The molecular formula is C21H40KO5PS. The Morgan fingerprint density at radius 3 is 2.14 bits per heavy atom. The van der Waals surface area contributed by atoms with Gasteiger partial charge in [-0.15, -0.1) is 0 Å². The van der Waals surface area contributed by atoms with Crippen molar-refractivity contribution in [3.63, 3.8) is 0 Å². The van der Waals surface area contributed by atoms with Crippen LogP contribution in [0.5, 0.6) is 0 Å². The fourth-order valence-electron chi connectivity index (χ4n) is 3.31. The van der Waals surface area contributed by atoms with Crippen LogP contribution in [0.15, 0.2) is 12.2 Å². The molecule has 0 aromatic carbocycles. The third-order valence-corrected chi connectivity index (χ3v) is 5.73. The summed E-state index contributed by atoms with van der Waals surface area (Å²) in [5, 5.41) is 0. The second-order valence-electron chi connectivity index (χ2n) is 7.66. The van der Waals surface area contributed by atoms with Crippen LogP contribution in [0, 0.1) is 0 Å². The molecule has 0 radical (unpaired) electrons. The monoisotopic (exact) mass is 474 g/mol. The number of ether oxygens (including phenoxy) is 2. The Bertz CT molecular complexity index is 447. The van der Waals surface area contributed by atoms with Crippen LogP contribution in [-0.4, -0.2) is 30.5 Å². The predicted octanol–water partition coefficient (Wildman–Crippen LogP) is 2.36. The van der Waals surface area contributed by atoms with Gasteiger partial charge in [-0.2, -0.15) is 0 Å². The molecule has 0 bridgehead atoms. The number of rotatable bonds is 18. The van der Waals surface area contributed by atoms with Gasteiger partial charge in [0.05, 0.1) is 13.2 Å². The van der Waals surface area contributed by atoms with Crippen LogP contribution in [0.25, 0.3) is 0 Å². The van der Waals surface area contributed by atoms with Crippen molar-refractivity contribution in [2.24, 2.45) is 0 Å². The first-order valence-corrected chi connectivity index (χ1v) is 13.7.